The monoisotopic (exact) mass is 324 g/mol. The fourth-order valence-electron chi connectivity index (χ4n) is 1.95. The van der Waals surface area contributed by atoms with Gasteiger partial charge < -0.3 is 10.6 Å². The van der Waals surface area contributed by atoms with E-state index >= 15 is 0 Å². The van der Waals surface area contributed by atoms with Crippen molar-refractivity contribution in [2.75, 3.05) is 20.1 Å². The zero-order chi connectivity index (χ0) is 17.4. The van der Waals surface area contributed by atoms with Crippen LogP contribution in [0.25, 0.3) is 16.1 Å². The number of hydrogen-bond donors (Lipinski definition) is 2. The van der Waals surface area contributed by atoms with Gasteiger partial charge in [0, 0.05) is 17.3 Å². The summed E-state index contributed by atoms with van der Waals surface area (Å²) in [4.78, 5) is 35.6. The predicted octanol–water partition coefficient (Wildman–Crippen LogP) is 1.26. The molecule has 0 spiro atoms. The summed E-state index contributed by atoms with van der Waals surface area (Å²) in [5.41, 5.74) is 2.16. The summed E-state index contributed by atoms with van der Waals surface area (Å²) in [7, 11) is 1.57. The highest BCUT2D eigenvalue weighted by atomic mass is 16.2. The van der Waals surface area contributed by atoms with E-state index in [4.69, 9.17) is 0 Å². The normalized spacial score (nSPS) is 9.58. The van der Waals surface area contributed by atoms with Crippen LogP contribution in [0.2, 0.25) is 0 Å². The summed E-state index contributed by atoms with van der Waals surface area (Å²) in [6, 6.07) is 11.4. The molecule has 0 aliphatic carbocycles. The zero-order valence-corrected chi connectivity index (χ0v) is 13.5. The Morgan fingerprint density at radius 1 is 1.17 bits per heavy atom. The zero-order valence-electron chi connectivity index (χ0n) is 13.5. The van der Waals surface area contributed by atoms with E-state index in [1.807, 2.05) is 25.1 Å². The number of carbonyl (C=O) groups is 2. The van der Waals surface area contributed by atoms with Crippen molar-refractivity contribution < 1.29 is 9.59 Å². The maximum absolute atomic E-state index is 12.0. The highest BCUT2D eigenvalue weighted by Crippen LogP contribution is 2.17. The van der Waals surface area contributed by atoms with Crippen molar-refractivity contribution in [2.45, 2.75) is 6.92 Å². The van der Waals surface area contributed by atoms with Gasteiger partial charge in [0.25, 0.3) is 19.0 Å². The summed E-state index contributed by atoms with van der Waals surface area (Å²) in [5.74, 6) is 0.0713. The molecule has 2 aromatic rings. The van der Waals surface area contributed by atoms with Gasteiger partial charge in [0.15, 0.2) is 6.54 Å². The first-order valence-corrected chi connectivity index (χ1v) is 7.37. The smallest absolute Gasteiger partial charge is 0.293 e. The van der Waals surface area contributed by atoms with E-state index in [2.05, 4.69) is 31.5 Å². The third kappa shape index (κ3) is 4.88. The second kappa shape index (κ2) is 8.39. The Morgan fingerprint density at radius 3 is 2.58 bits per heavy atom. The first-order chi connectivity index (χ1) is 11.6. The van der Waals surface area contributed by atoms with Crippen molar-refractivity contribution >= 4 is 11.8 Å². The summed E-state index contributed by atoms with van der Waals surface area (Å²) in [5, 5.41) is 5.11. The molecule has 0 radical (unpaired) electrons. The molecule has 0 aliphatic heterocycles. The molecule has 1 aromatic carbocycles. The summed E-state index contributed by atoms with van der Waals surface area (Å²) in [6.45, 7) is 1.94. The highest BCUT2D eigenvalue weighted by Gasteiger charge is 2.09. The van der Waals surface area contributed by atoms with Gasteiger partial charge in [-0.15, -0.1) is 0 Å². The Labute approximate surface area is 140 Å². The molecule has 0 fully saturated rings. The highest BCUT2D eigenvalue weighted by molar-refractivity contribution is 5.96. The second-order valence-corrected chi connectivity index (χ2v) is 4.91. The Hall–Kier alpha value is -3.27. The van der Waals surface area contributed by atoms with Crippen LogP contribution in [-0.4, -0.2) is 41.9 Å². The topological polar surface area (TPSA) is 88.3 Å². The lowest BCUT2D eigenvalue weighted by atomic mass is 10.1. The molecule has 7 heteroatoms. The van der Waals surface area contributed by atoms with Crippen LogP contribution in [0, 0.1) is 13.0 Å². The molecule has 7 nitrogen and oxygen atoms in total. The SMILES string of the molecule is C[N+]#CCNC(=O)CNC(=O)c1ccc(-c2ccnc(C)n2)cc1. The fourth-order valence-corrected chi connectivity index (χ4v) is 1.95. The molecule has 2 amide bonds. The van der Waals surface area contributed by atoms with Crippen molar-refractivity contribution in [3.05, 3.63) is 52.8 Å². The molecular formula is C17H18N5O2+. The lowest BCUT2D eigenvalue weighted by molar-refractivity contribution is -0.119. The number of nitrogens with one attached hydrogen (secondary N) is 2. The molecule has 2 rings (SSSR count). The maximum Gasteiger partial charge on any atom is 0.293 e. The Bertz CT molecular complexity index is 791. The first-order valence-electron chi connectivity index (χ1n) is 7.37. The largest absolute Gasteiger partial charge is 0.343 e. The molecule has 1 aromatic heterocycles. The molecule has 24 heavy (non-hydrogen) atoms. The molecule has 0 bridgehead atoms. The quantitative estimate of drug-likeness (QED) is 0.811. The lowest BCUT2D eigenvalue weighted by Crippen LogP contribution is -2.37. The molecule has 2 N–H and O–H groups in total. The molecule has 0 saturated carbocycles. The van der Waals surface area contributed by atoms with Crippen LogP contribution >= 0.6 is 0 Å². The Balaban J connectivity index is 1.93. The Kier molecular flexibility index (Phi) is 5.97. The number of aromatic nitrogens is 2. The summed E-state index contributed by atoms with van der Waals surface area (Å²) < 4.78 is 0. The number of nitrogens with zero attached hydrogens (tertiary/aromatic N) is 3. The van der Waals surface area contributed by atoms with Crippen molar-refractivity contribution in [3.63, 3.8) is 0 Å². The van der Waals surface area contributed by atoms with Crippen LogP contribution in [0.5, 0.6) is 0 Å². The van der Waals surface area contributed by atoms with Gasteiger partial charge in [0.2, 0.25) is 5.91 Å². The molecule has 122 valence electrons. The average Bonchev–Trinajstić information content (AvgIpc) is 2.60. The molecule has 0 saturated heterocycles. The van der Waals surface area contributed by atoms with Crippen molar-refractivity contribution in [2.24, 2.45) is 0 Å². The van der Waals surface area contributed by atoms with Gasteiger partial charge in [0.05, 0.1) is 12.2 Å². The van der Waals surface area contributed by atoms with Gasteiger partial charge in [-0.05, 0) is 25.1 Å². The number of carbonyl (C=O) groups excluding carboxylic acids is 2. The average molecular weight is 324 g/mol. The maximum atomic E-state index is 12.0. The number of benzene rings is 1. The van der Waals surface area contributed by atoms with Gasteiger partial charge in [-0.1, -0.05) is 17.0 Å². The van der Waals surface area contributed by atoms with E-state index in [1.165, 1.54) is 0 Å². The molecular weight excluding hydrogens is 306 g/mol. The molecule has 0 atom stereocenters. The van der Waals surface area contributed by atoms with E-state index in [0.29, 0.717) is 11.4 Å². The van der Waals surface area contributed by atoms with Gasteiger partial charge in [-0.25, -0.2) is 9.97 Å². The fraction of sp³-hybridized carbons (Fsp3) is 0.235. The van der Waals surface area contributed by atoms with Crippen LogP contribution < -0.4 is 10.6 Å². The van der Waals surface area contributed by atoms with Crippen molar-refractivity contribution in [1.82, 2.24) is 20.6 Å². The van der Waals surface area contributed by atoms with Gasteiger partial charge in [-0.2, -0.15) is 0 Å². The minimum atomic E-state index is -0.316. The van der Waals surface area contributed by atoms with Crippen molar-refractivity contribution in [1.29, 1.82) is 0 Å². The molecule has 0 unspecified atom stereocenters. The van der Waals surface area contributed by atoms with Crippen molar-refractivity contribution in [3.8, 4) is 17.3 Å². The van der Waals surface area contributed by atoms with E-state index in [0.717, 1.165) is 11.3 Å². The van der Waals surface area contributed by atoms with Crippen LogP contribution in [0.4, 0.5) is 0 Å². The van der Waals surface area contributed by atoms with E-state index in [-0.39, 0.29) is 24.9 Å². The van der Waals surface area contributed by atoms with Gasteiger partial charge in [0.1, 0.15) is 5.82 Å². The third-order valence-corrected chi connectivity index (χ3v) is 3.15. The minimum absolute atomic E-state index is 0.100. The van der Waals surface area contributed by atoms with Crippen LogP contribution in [0.15, 0.2) is 36.5 Å². The molecule has 1 heterocycles. The Morgan fingerprint density at radius 2 is 1.92 bits per heavy atom. The predicted molar refractivity (Wildman–Crippen MR) is 90.7 cm³/mol. The van der Waals surface area contributed by atoms with Crippen LogP contribution in [0.1, 0.15) is 16.2 Å². The third-order valence-electron chi connectivity index (χ3n) is 3.15. The first kappa shape index (κ1) is 17.1. The second-order valence-electron chi connectivity index (χ2n) is 4.91. The number of hydrogen-bond acceptors (Lipinski definition) is 4. The standard InChI is InChI=1S/C17H17N5O2/c1-12-19-8-7-15(22-12)13-3-5-14(6-4-13)17(24)21-11-16(23)20-10-9-18-2/h3-8H,10-11H2,1-2H3,(H-,20,21,23,24)/p+1. The summed E-state index contributed by atoms with van der Waals surface area (Å²) >= 11 is 0. The number of aryl methyl sites for hydroxylation is 1. The van der Waals surface area contributed by atoms with E-state index < -0.39 is 0 Å². The molecule has 0 aliphatic rings. The van der Waals surface area contributed by atoms with Crippen LogP contribution in [-0.2, 0) is 4.79 Å². The van der Waals surface area contributed by atoms with Gasteiger partial charge >= 0.3 is 0 Å². The lowest BCUT2D eigenvalue weighted by Gasteiger charge is -2.06. The van der Waals surface area contributed by atoms with Crippen LogP contribution in [0.3, 0.4) is 0 Å². The summed E-state index contributed by atoms with van der Waals surface area (Å²) in [6.07, 6.45) is 1.69. The number of amides is 2. The minimum Gasteiger partial charge on any atom is -0.343 e. The number of rotatable bonds is 5. The van der Waals surface area contributed by atoms with E-state index in [9.17, 15) is 9.59 Å². The van der Waals surface area contributed by atoms with Gasteiger partial charge in [-0.3, -0.25) is 9.59 Å². The van der Waals surface area contributed by atoms with E-state index in [1.54, 1.807) is 25.4 Å².